The van der Waals surface area contributed by atoms with Gasteiger partial charge in [0.05, 0.1) is 0 Å². The van der Waals surface area contributed by atoms with Crippen LogP contribution in [0.3, 0.4) is 0 Å². The monoisotopic (exact) mass is 390 g/mol. The molecule has 4 nitrogen and oxygen atoms in total. The summed E-state index contributed by atoms with van der Waals surface area (Å²) in [6.45, 7) is 0.292. The van der Waals surface area contributed by atoms with Crippen LogP contribution in [0.1, 0.15) is 11.1 Å². The quantitative estimate of drug-likeness (QED) is 0.383. The SMILES string of the molecule is O=C(/C=C/C=C/C(=O)OCc1ccc(Cl)cc1)OCc1ccc(Cl)cc1. The number of ether oxygens (including phenoxy) is 2. The molecule has 0 amide bonds. The number of hydrogen-bond donors (Lipinski definition) is 0. The average Bonchev–Trinajstić information content (AvgIpc) is 2.64. The highest BCUT2D eigenvalue weighted by Crippen LogP contribution is 2.11. The lowest BCUT2D eigenvalue weighted by atomic mass is 10.2. The third-order valence-electron chi connectivity index (χ3n) is 3.16. The van der Waals surface area contributed by atoms with Crippen LogP contribution in [0, 0.1) is 0 Å². The average molecular weight is 391 g/mol. The zero-order valence-electron chi connectivity index (χ0n) is 13.7. The maximum atomic E-state index is 11.6. The molecule has 2 aromatic rings. The van der Waals surface area contributed by atoms with E-state index in [1.165, 1.54) is 24.3 Å². The number of benzene rings is 2. The van der Waals surface area contributed by atoms with E-state index in [1.54, 1.807) is 48.5 Å². The second kappa shape index (κ2) is 10.4. The predicted molar refractivity (Wildman–Crippen MR) is 101 cm³/mol. The van der Waals surface area contributed by atoms with Gasteiger partial charge in [-0.3, -0.25) is 0 Å². The van der Waals surface area contributed by atoms with Gasteiger partial charge in [-0.25, -0.2) is 9.59 Å². The van der Waals surface area contributed by atoms with Crippen LogP contribution in [0.2, 0.25) is 10.0 Å². The second-order valence-corrected chi connectivity index (χ2v) is 6.06. The Morgan fingerprint density at radius 1 is 0.692 bits per heavy atom. The van der Waals surface area contributed by atoms with Crippen LogP contribution in [0.5, 0.6) is 0 Å². The molecule has 26 heavy (non-hydrogen) atoms. The van der Waals surface area contributed by atoms with E-state index >= 15 is 0 Å². The highest BCUT2D eigenvalue weighted by molar-refractivity contribution is 6.30. The van der Waals surface area contributed by atoms with Crippen molar-refractivity contribution >= 4 is 35.1 Å². The Morgan fingerprint density at radius 3 is 1.38 bits per heavy atom. The maximum absolute atomic E-state index is 11.6. The minimum atomic E-state index is -0.515. The molecular weight excluding hydrogens is 375 g/mol. The van der Waals surface area contributed by atoms with Crippen molar-refractivity contribution < 1.29 is 19.1 Å². The Balaban J connectivity index is 1.68. The van der Waals surface area contributed by atoms with E-state index in [4.69, 9.17) is 32.7 Å². The van der Waals surface area contributed by atoms with Crippen LogP contribution in [0.4, 0.5) is 0 Å². The summed E-state index contributed by atoms with van der Waals surface area (Å²) in [5.74, 6) is -1.03. The first-order chi connectivity index (χ1) is 12.5. The highest BCUT2D eigenvalue weighted by Gasteiger charge is 2.00. The van der Waals surface area contributed by atoms with Crippen molar-refractivity contribution in [3.05, 3.63) is 94.0 Å². The molecule has 0 atom stereocenters. The Hall–Kier alpha value is -2.56. The van der Waals surface area contributed by atoms with Gasteiger partial charge in [0.15, 0.2) is 0 Å². The van der Waals surface area contributed by atoms with Gasteiger partial charge < -0.3 is 9.47 Å². The molecule has 0 saturated carbocycles. The summed E-state index contributed by atoms with van der Waals surface area (Å²) >= 11 is 11.6. The van der Waals surface area contributed by atoms with Crippen LogP contribution in [0.15, 0.2) is 72.8 Å². The van der Waals surface area contributed by atoms with Crippen molar-refractivity contribution in [2.75, 3.05) is 0 Å². The first-order valence-corrected chi connectivity index (χ1v) is 8.45. The maximum Gasteiger partial charge on any atom is 0.331 e. The Bertz CT molecular complexity index is 724. The number of allylic oxidation sites excluding steroid dienone is 2. The smallest absolute Gasteiger partial charge is 0.331 e. The molecule has 0 aliphatic rings. The van der Waals surface area contributed by atoms with Gasteiger partial charge in [-0.2, -0.15) is 0 Å². The molecule has 2 rings (SSSR count). The molecule has 134 valence electrons. The standard InChI is InChI=1S/C20H16Cl2O4/c21-17-9-5-15(6-10-17)13-25-19(23)3-1-2-4-20(24)26-14-16-7-11-18(22)12-8-16/h1-12H,13-14H2/b3-1+,4-2+. The predicted octanol–water partition coefficient (Wildman–Crippen LogP) is 4.89. The molecule has 0 heterocycles. The molecular formula is C20H16Cl2O4. The molecule has 0 unspecified atom stereocenters. The third kappa shape index (κ3) is 7.55. The van der Waals surface area contributed by atoms with Gasteiger partial charge in [-0.1, -0.05) is 59.6 Å². The van der Waals surface area contributed by atoms with Crippen molar-refractivity contribution in [2.24, 2.45) is 0 Å². The number of rotatable bonds is 7. The van der Waals surface area contributed by atoms with Crippen molar-refractivity contribution in [3.8, 4) is 0 Å². The van der Waals surface area contributed by atoms with Gasteiger partial charge in [-0.15, -0.1) is 0 Å². The second-order valence-electron chi connectivity index (χ2n) is 5.19. The van der Waals surface area contributed by atoms with Gasteiger partial charge >= 0.3 is 11.9 Å². The molecule has 0 aliphatic heterocycles. The Morgan fingerprint density at radius 2 is 1.04 bits per heavy atom. The van der Waals surface area contributed by atoms with E-state index in [2.05, 4.69) is 0 Å². The first kappa shape index (κ1) is 19.8. The first-order valence-electron chi connectivity index (χ1n) is 7.70. The van der Waals surface area contributed by atoms with Crippen molar-refractivity contribution in [2.45, 2.75) is 13.2 Å². The summed E-state index contributed by atoms with van der Waals surface area (Å²) < 4.78 is 10.1. The highest BCUT2D eigenvalue weighted by atomic mass is 35.5. The summed E-state index contributed by atoms with van der Waals surface area (Å²) in [5, 5.41) is 1.24. The number of carbonyl (C=O) groups excluding carboxylic acids is 2. The lowest BCUT2D eigenvalue weighted by Gasteiger charge is -2.02. The summed E-state index contributed by atoms with van der Waals surface area (Å²) in [6.07, 6.45) is 5.26. The minimum Gasteiger partial charge on any atom is -0.458 e. The number of hydrogen-bond acceptors (Lipinski definition) is 4. The van der Waals surface area contributed by atoms with Crippen LogP contribution in [0.25, 0.3) is 0 Å². The summed E-state index contributed by atoms with van der Waals surface area (Å²) in [4.78, 5) is 23.1. The summed E-state index contributed by atoms with van der Waals surface area (Å²) in [7, 11) is 0. The molecule has 0 N–H and O–H groups in total. The fourth-order valence-corrected chi connectivity index (χ4v) is 2.09. The van der Waals surface area contributed by atoms with Crippen LogP contribution in [-0.4, -0.2) is 11.9 Å². The third-order valence-corrected chi connectivity index (χ3v) is 3.67. The van der Waals surface area contributed by atoms with Crippen molar-refractivity contribution in [1.82, 2.24) is 0 Å². The topological polar surface area (TPSA) is 52.6 Å². The van der Waals surface area contributed by atoms with E-state index in [-0.39, 0.29) is 13.2 Å². The Kier molecular flexibility index (Phi) is 7.93. The molecule has 0 bridgehead atoms. The van der Waals surface area contributed by atoms with E-state index in [9.17, 15) is 9.59 Å². The van der Waals surface area contributed by atoms with Crippen molar-refractivity contribution in [3.63, 3.8) is 0 Å². The summed E-state index contributed by atoms with van der Waals surface area (Å²) in [6, 6.07) is 14.0. The molecule has 0 fully saturated rings. The normalized spacial score (nSPS) is 11.0. The van der Waals surface area contributed by atoms with Gasteiger partial charge in [0.1, 0.15) is 13.2 Å². The molecule has 0 aliphatic carbocycles. The molecule has 0 aromatic heterocycles. The van der Waals surface area contributed by atoms with Gasteiger partial charge in [0.2, 0.25) is 0 Å². The number of halogens is 2. The van der Waals surface area contributed by atoms with Crippen molar-refractivity contribution in [1.29, 1.82) is 0 Å². The van der Waals surface area contributed by atoms with E-state index < -0.39 is 11.9 Å². The largest absolute Gasteiger partial charge is 0.458 e. The lowest BCUT2D eigenvalue weighted by molar-refractivity contribution is -0.140. The Labute approximate surface area is 161 Å². The molecule has 0 radical (unpaired) electrons. The van der Waals surface area contributed by atoms with E-state index in [1.807, 2.05) is 0 Å². The van der Waals surface area contributed by atoms with Crippen LogP contribution >= 0.6 is 23.2 Å². The van der Waals surface area contributed by atoms with Gasteiger partial charge in [0.25, 0.3) is 0 Å². The van der Waals surface area contributed by atoms with Crippen LogP contribution in [-0.2, 0) is 32.3 Å². The van der Waals surface area contributed by atoms with E-state index in [0.717, 1.165) is 11.1 Å². The minimum absolute atomic E-state index is 0.146. The molecule has 2 aromatic carbocycles. The lowest BCUT2D eigenvalue weighted by Crippen LogP contribution is -2.01. The number of carbonyl (C=O) groups is 2. The summed E-state index contributed by atoms with van der Waals surface area (Å²) in [5.41, 5.74) is 1.66. The molecule has 0 saturated heterocycles. The van der Waals surface area contributed by atoms with Gasteiger partial charge in [-0.05, 0) is 35.4 Å². The molecule has 0 spiro atoms. The van der Waals surface area contributed by atoms with Gasteiger partial charge in [0, 0.05) is 22.2 Å². The fraction of sp³-hybridized carbons (Fsp3) is 0.100. The van der Waals surface area contributed by atoms with Crippen LogP contribution < -0.4 is 0 Å². The number of esters is 2. The zero-order chi connectivity index (χ0) is 18.8. The fourth-order valence-electron chi connectivity index (χ4n) is 1.83. The molecule has 6 heteroatoms. The van der Waals surface area contributed by atoms with E-state index in [0.29, 0.717) is 10.0 Å². The zero-order valence-corrected chi connectivity index (χ0v) is 15.2.